The molecule has 2 aliphatic rings. The predicted molar refractivity (Wildman–Crippen MR) is 87.0 cm³/mol. The topological polar surface area (TPSA) is 37.4 Å². The summed E-state index contributed by atoms with van der Waals surface area (Å²) >= 11 is 0. The van der Waals surface area contributed by atoms with Gasteiger partial charge < -0.3 is 0 Å². The van der Waals surface area contributed by atoms with Crippen LogP contribution < -0.4 is 0 Å². The van der Waals surface area contributed by atoms with Gasteiger partial charge >= 0.3 is 0 Å². The molecule has 1 aromatic rings. The van der Waals surface area contributed by atoms with E-state index in [-0.39, 0.29) is 23.7 Å². The molecule has 1 aromatic carbocycles. The summed E-state index contributed by atoms with van der Waals surface area (Å²) in [5, 5.41) is 0. The van der Waals surface area contributed by atoms with Crippen molar-refractivity contribution in [1.82, 2.24) is 4.90 Å². The first-order valence-electron chi connectivity index (χ1n) is 8.21. The molecule has 1 aliphatic heterocycles. The smallest absolute Gasteiger partial charge is 0.233 e. The highest BCUT2D eigenvalue weighted by Gasteiger charge is 2.46. The molecule has 0 aromatic heterocycles. The van der Waals surface area contributed by atoms with Crippen LogP contribution in [0.25, 0.3) is 5.57 Å². The molecule has 0 bridgehead atoms. The van der Waals surface area contributed by atoms with Crippen molar-refractivity contribution in [2.75, 3.05) is 7.05 Å². The van der Waals surface area contributed by atoms with Crippen LogP contribution in [0.1, 0.15) is 43.7 Å². The van der Waals surface area contributed by atoms with Crippen LogP contribution in [0.5, 0.6) is 0 Å². The van der Waals surface area contributed by atoms with E-state index in [2.05, 4.69) is 37.3 Å². The Labute approximate surface area is 132 Å². The largest absolute Gasteiger partial charge is 0.285 e. The van der Waals surface area contributed by atoms with E-state index >= 15 is 0 Å². The Morgan fingerprint density at radius 3 is 2.45 bits per heavy atom. The molecule has 1 aliphatic carbocycles. The van der Waals surface area contributed by atoms with Gasteiger partial charge in [-0.2, -0.15) is 0 Å². The third kappa shape index (κ3) is 2.60. The van der Waals surface area contributed by atoms with Crippen molar-refractivity contribution in [3.05, 3.63) is 41.5 Å². The number of carbonyl (C=O) groups excluding carboxylic acids is 2. The van der Waals surface area contributed by atoms with Crippen molar-refractivity contribution in [3.63, 3.8) is 0 Å². The number of aryl methyl sites for hydroxylation is 1. The second kappa shape index (κ2) is 6.07. The van der Waals surface area contributed by atoms with Gasteiger partial charge in [0.05, 0.1) is 11.8 Å². The van der Waals surface area contributed by atoms with E-state index in [9.17, 15) is 9.59 Å². The van der Waals surface area contributed by atoms with Gasteiger partial charge in [-0.3, -0.25) is 14.5 Å². The van der Waals surface area contributed by atoms with E-state index in [1.807, 2.05) is 0 Å². The number of nitrogens with zero attached hydrogens (tertiary/aromatic N) is 1. The summed E-state index contributed by atoms with van der Waals surface area (Å²) in [5.41, 5.74) is 3.76. The van der Waals surface area contributed by atoms with Crippen LogP contribution >= 0.6 is 0 Å². The minimum absolute atomic E-state index is 0.0137. The number of benzene rings is 1. The number of hydrogen-bond acceptors (Lipinski definition) is 2. The van der Waals surface area contributed by atoms with Crippen molar-refractivity contribution in [2.45, 2.75) is 39.0 Å². The fraction of sp³-hybridized carbons (Fsp3) is 0.474. The van der Waals surface area contributed by atoms with Crippen molar-refractivity contribution in [2.24, 2.45) is 11.8 Å². The summed E-state index contributed by atoms with van der Waals surface area (Å²) in [4.78, 5) is 25.5. The number of fused-ring (bicyclic) bond motifs is 1. The molecule has 0 N–H and O–H groups in total. The molecular formula is C19H23NO2. The zero-order valence-corrected chi connectivity index (χ0v) is 13.3. The number of carbonyl (C=O) groups is 2. The van der Waals surface area contributed by atoms with Gasteiger partial charge in [0.1, 0.15) is 0 Å². The molecule has 0 saturated carbocycles. The molecule has 3 rings (SSSR count). The van der Waals surface area contributed by atoms with Crippen LogP contribution in [0.2, 0.25) is 0 Å². The summed E-state index contributed by atoms with van der Waals surface area (Å²) in [6.07, 6.45) is 7.07. The Hall–Kier alpha value is -1.90. The SMILES string of the molecule is CCCCc1ccc(C2=CCC3C(=O)N(C)C(=O)C3C2)cc1. The lowest BCUT2D eigenvalue weighted by Gasteiger charge is -2.22. The second-order valence-corrected chi connectivity index (χ2v) is 6.42. The van der Waals surface area contributed by atoms with Crippen LogP contribution in [0.3, 0.4) is 0 Å². The fourth-order valence-electron chi connectivity index (χ4n) is 3.54. The van der Waals surface area contributed by atoms with Crippen molar-refractivity contribution < 1.29 is 9.59 Å². The molecule has 1 heterocycles. The maximum Gasteiger partial charge on any atom is 0.233 e. The summed E-state index contributed by atoms with van der Waals surface area (Å²) in [6.45, 7) is 2.20. The van der Waals surface area contributed by atoms with Crippen LogP contribution in [-0.2, 0) is 16.0 Å². The summed E-state index contributed by atoms with van der Waals surface area (Å²) < 4.78 is 0. The fourth-order valence-corrected chi connectivity index (χ4v) is 3.54. The van der Waals surface area contributed by atoms with E-state index in [1.165, 1.54) is 34.4 Å². The van der Waals surface area contributed by atoms with Gasteiger partial charge in [-0.05, 0) is 42.4 Å². The minimum Gasteiger partial charge on any atom is -0.285 e. The van der Waals surface area contributed by atoms with Gasteiger partial charge in [-0.25, -0.2) is 0 Å². The molecule has 1 fully saturated rings. The maximum absolute atomic E-state index is 12.2. The average molecular weight is 297 g/mol. The number of imide groups is 1. The normalized spacial score (nSPS) is 24.5. The van der Waals surface area contributed by atoms with Gasteiger partial charge in [-0.15, -0.1) is 0 Å². The van der Waals surface area contributed by atoms with Gasteiger partial charge in [-0.1, -0.05) is 43.7 Å². The Morgan fingerprint density at radius 1 is 1.09 bits per heavy atom. The first kappa shape index (κ1) is 15.0. The highest BCUT2D eigenvalue weighted by Crippen LogP contribution is 2.40. The molecule has 22 heavy (non-hydrogen) atoms. The molecule has 0 spiro atoms. The van der Waals surface area contributed by atoms with Gasteiger partial charge in [0.15, 0.2) is 0 Å². The number of allylic oxidation sites excluding steroid dienone is 2. The van der Waals surface area contributed by atoms with Crippen LogP contribution in [0.15, 0.2) is 30.3 Å². The molecule has 0 radical (unpaired) electrons. The van der Waals surface area contributed by atoms with E-state index < -0.39 is 0 Å². The summed E-state index contributed by atoms with van der Waals surface area (Å²) in [6, 6.07) is 8.68. The third-order valence-corrected chi connectivity index (χ3v) is 4.98. The average Bonchev–Trinajstić information content (AvgIpc) is 2.78. The Morgan fingerprint density at radius 2 is 1.77 bits per heavy atom. The quantitative estimate of drug-likeness (QED) is 0.798. The highest BCUT2D eigenvalue weighted by molar-refractivity contribution is 6.06. The number of likely N-dealkylation sites (tertiary alicyclic amines) is 1. The summed E-state index contributed by atoms with van der Waals surface area (Å²) in [7, 11) is 1.60. The number of unbranched alkanes of at least 4 members (excludes halogenated alkanes) is 1. The minimum atomic E-state index is -0.155. The Balaban J connectivity index is 1.75. The third-order valence-electron chi connectivity index (χ3n) is 4.98. The Bertz CT molecular complexity index is 615. The van der Waals surface area contributed by atoms with Gasteiger partial charge in [0.25, 0.3) is 0 Å². The van der Waals surface area contributed by atoms with Crippen molar-refractivity contribution >= 4 is 17.4 Å². The van der Waals surface area contributed by atoms with Crippen molar-refractivity contribution in [1.29, 1.82) is 0 Å². The standard InChI is InChI=1S/C19H23NO2/c1-3-4-5-13-6-8-14(9-7-13)15-10-11-16-17(12-15)19(22)20(2)18(16)21/h6-10,16-17H,3-5,11-12H2,1-2H3. The first-order chi connectivity index (χ1) is 10.6. The number of rotatable bonds is 4. The molecular weight excluding hydrogens is 274 g/mol. The molecule has 2 unspecified atom stereocenters. The van der Waals surface area contributed by atoms with E-state index in [4.69, 9.17) is 0 Å². The van der Waals surface area contributed by atoms with Gasteiger partial charge in [0, 0.05) is 7.05 Å². The lowest BCUT2D eigenvalue weighted by Crippen LogP contribution is -2.26. The van der Waals surface area contributed by atoms with Gasteiger partial charge in [0.2, 0.25) is 11.8 Å². The van der Waals surface area contributed by atoms with Crippen LogP contribution in [-0.4, -0.2) is 23.8 Å². The molecule has 3 heteroatoms. The van der Waals surface area contributed by atoms with Crippen LogP contribution in [0.4, 0.5) is 0 Å². The molecule has 1 saturated heterocycles. The van der Waals surface area contributed by atoms with E-state index in [1.54, 1.807) is 7.05 Å². The maximum atomic E-state index is 12.2. The highest BCUT2D eigenvalue weighted by atomic mass is 16.2. The monoisotopic (exact) mass is 297 g/mol. The van der Waals surface area contributed by atoms with Crippen LogP contribution in [0, 0.1) is 11.8 Å². The second-order valence-electron chi connectivity index (χ2n) is 6.42. The van der Waals surface area contributed by atoms with Crippen molar-refractivity contribution in [3.8, 4) is 0 Å². The molecule has 2 amide bonds. The van der Waals surface area contributed by atoms with E-state index in [0.717, 1.165) is 6.42 Å². The lowest BCUT2D eigenvalue weighted by molar-refractivity contribution is -0.138. The first-order valence-corrected chi connectivity index (χ1v) is 8.21. The number of hydrogen-bond donors (Lipinski definition) is 0. The Kier molecular flexibility index (Phi) is 4.14. The number of amides is 2. The zero-order valence-electron chi connectivity index (χ0n) is 13.3. The molecule has 2 atom stereocenters. The summed E-state index contributed by atoms with van der Waals surface area (Å²) in [5.74, 6) is -0.317. The predicted octanol–water partition coefficient (Wildman–Crippen LogP) is 3.44. The zero-order chi connectivity index (χ0) is 15.7. The van der Waals surface area contributed by atoms with E-state index in [0.29, 0.717) is 12.8 Å². The molecule has 3 nitrogen and oxygen atoms in total. The lowest BCUT2D eigenvalue weighted by atomic mass is 9.79. The molecule has 116 valence electrons.